The topological polar surface area (TPSA) is 67.8 Å². The summed E-state index contributed by atoms with van der Waals surface area (Å²) in [5.74, 6) is -1.01. The average Bonchev–Trinajstić information content (AvgIpc) is 2.25. The number of benzene rings is 1. The van der Waals surface area contributed by atoms with Crippen molar-refractivity contribution in [2.75, 3.05) is 0 Å². The van der Waals surface area contributed by atoms with E-state index in [0.717, 1.165) is 5.56 Å². The van der Waals surface area contributed by atoms with Crippen molar-refractivity contribution >= 4 is 5.97 Å². The molecule has 3 nitrogen and oxygen atoms in total. The number of carboxylic acid groups (broad SMARTS) is 1. The predicted molar refractivity (Wildman–Crippen MR) is 65.0 cm³/mol. The molecule has 1 aromatic rings. The minimum atomic E-state index is -1.01. The maximum absolute atomic E-state index is 10.4. The highest BCUT2D eigenvalue weighted by atomic mass is 16.4. The molecule has 0 heterocycles. The molecule has 0 aromatic heterocycles. The van der Waals surface area contributed by atoms with Gasteiger partial charge < -0.3 is 15.6 Å². The van der Waals surface area contributed by atoms with Crippen molar-refractivity contribution in [1.29, 1.82) is 0 Å². The summed E-state index contributed by atoms with van der Waals surface area (Å²) in [7, 11) is 0. The van der Waals surface area contributed by atoms with Gasteiger partial charge in [-0.1, -0.05) is 45.0 Å². The second-order valence-corrected chi connectivity index (χ2v) is 5.48. The van der Waals surface area contributed by atoms with Crippen LogP contribution in [0.3, 0.4) is 0 Å². The van der Waals surface area contributed by atoms with Gasteiger partial charge in [-0.25, -0.2) is 0 Å². The van der Waals surface area contributed by atoms with Crippen LogP contribution in [0.5, 0.6) is 0 Å². The number of rotatable bonds is 4. The Kier molecular flexibility index (Phi) is 4.29. The Bertz CT molecular complexity index is 376. The summed E-state index contributed by atoms with van der Waals surface area (Å²) in [6, 6.07) is 8.27. The van der Waals surface area contributed by atoms with Gasteiger partial charge in [0.1, 0.15) is 6.04 Å². The maximum Gasteiger partial charge on any atom is 0.110 e. The molecule has 1 atom stereocenters. The number of aliphatic carboxylic acids is 1. The van der Waals surface area contributed by atoms with Crippen LogP contribution in [0.25, 0.3) is 0 Å². The lowest BCUT2D eigenvalue weighted by atomic mass is 9.86. The zero-order valence-corrected chi connectivity index (χ0v) is 10.8. The van der Waals surface area contributed by atoms with E-state index in [1.165, 1.54) is 5.56 Å². The van der Waals surface area contributed by atoms with Gasteiger partial charge in [0, 0.05) is 18.0 Å². The molecule has 0 radical (unpaired) electrons. The maximum atomic E-state index is 10.4. The fraction of sp³-hybridized carbons (Fsp3) is 0.500. The molecule has 94 valence electrons. The zero-order chi connectivity index (χ0) is 13.1. The van der Waals surface area contributed by atoms with E-state index >= 15 is 0 Å². The first-order chi connectivity index (χ1) is 7.80. The molecule has 3 N–H and O–H groups in total. The van der Waals surface area contributed by atoms with E-state index in [2.05, 4.69) is 38.6 Å². The Morgan fingerprint density at radius 1 is 1.29 bits per heavy atom. The van der Waals surface area contributed by atoms with Crippen LogP contribution in [0.1, 0.15) is 50.8 Å². The first-order valence-electron chi connectivity index (χ1n) is 5.94. The minimum Gasteiger partial charge on any atom is -0.550 e. The smallest absolute Gasteiger partial charge is 0.110 e. The lowest BCUT2D eigenvalue weighted by Gasteiger charge is -2.19. The SMILES string of the molecule is CC(C)(C)c1ccc([C@@H]([NH3+])CCC(=O)[O-])cc1. The summed E-state index contributed by atoms with van der Waals surface area (Å²) in [6.45, 7) is 6.50. The van der Waals surface area contributed by atoms with Crippen molar-refractivity contribution in [1.82, 2.24) is 0 Å². The van der Waals surface area contributed by atoms with Crippen molar-refractivity contribution in [2.24, 2.45) is 0 Å². The summed E-state index contributed by atoms with van der Waals surface area (Å²) in [5, 5.41) is 10.4. The average molecular weight is 235 g/mol. The summed E-state index contributed by atoms with van der Waals surface area (Å²) in [4.78, 5) is 10.4. The molecule has 1 rings (SSSR count). The van der Waals surface area contributed by atoms with Gasteiger partial charge >= 0.3 is 0 Å². The molecule has 0 bridgehead atoms. The van der Waals surface area contributed by atoms with Gasteiger partial charge in [0.05, 0.1) is 0 Å². The minimum absolute atomic E-state index is 0.0157. The fourth-order valence-corrected chi connectivity index (χ4v) is 1.71. The van der Waals surface area contributed by atoms with E-state index in [4.69, 9.17) is 0 Å². The fourth-order valence-electron chi connectivity index (χ4n) is 1.71. The van der Waals surface area contributed by atoms with E-state index in [-0.39, 0.29) is 17.9 Å². The third kappa shape index (κ3) is 4.19. The molecule has 1 aromatic carbocycles. The Hall–Kier alpha value is -1.35. The monoisotopic (exact) mass is 235 g/mol. The zero-order valence-electron chi connectivity index (χ0n) is 10.8. The van der Waals surface area contributed by atoms with Crippen LogP contribution in [0.2, 0.25) is 0 Å². The number of hydrogen-bond donors (Lipinski definition) is 1. The molecule has 0 fully saturated rings. The van der Waals surface area contributed by atoms with Gasteiger partial charge in [-0.2, -0.15) is 0 Å². The Morgan fingerprint density at radius 3 is 2.24 bits per heavy atom. The summed E-state index contributed by atoms with van der Waals surface area (Å²) in [6.07, 6.45) is 0.590. The quantitative estimate of drug-likeness (QED) is 0.838. The molecule has 0 saturated carbocycles. The highest BCUT2D eigenvalue weighted by molar-refractivity contribution is 5.64. The van der Waals surface area contributed by atoms with Crippen LogP contribution >= 0.6 is 0 Å². The molecule has 0 unspecified atom stereocenters. The van der Waals surface area contributed by atoms with Gasteiger partial charge in [-0.3, -0.25) is 0 Å². The molecule has 0 amide bonds. The van der Waals surface area contributed by atoms with E-state index in [1.54, 1.807) is 0 Å². The number of carbonyl (C=O) groups excluding carboxylic acids is 1. The highest BCUT2D eigenvalue weighted by Crippen LogP contribution is 2.23. The van der Waals surface area contributed by atoms with Crippen LogP contribution in [0, 0.1) is 0 Å². The van der Waals surface area contributed by atoms with Gasteiger partial charge in [0.25, 0.3) is 0 Å². The second kappa shape index (κ2) is 5.32. The summed E-state index contributed by atoms with van der Waals surface area (Å²) < 4.78 is 0. The molecule has 0 aliphatic carbocycles. The molecular formula is C14H21NO2. The van der Waals surface area contributed by atoms with Crippen molar-refractivity contribution in [3.05, 3.63) is 35.4 Å². The van der Waals surface area contributed by atoms with Crippen molar-refractivity contribution in [3.63, 3.8) is 0 Å². The Morgan fingerprint density at radius 2 is 1.82 bits per heavy atom. The second-order valence-electron chi connectivity index (χ2n) is 5.48. The third-order valence-electron chi connectivity index (χ3n) is 2.95. The largest absolute Gasteiger partial charge is 0.550 e. The van der Waals surface area contributed by atoms with Crippen molar-refractivity contribution in [2.45, 2.75) is 45.1 Å². The van der Waals surface area contributed by atoms with E-state index < -0.39 is 5.97 Å². The number of carbonyl (C=O) groups is 1. The van der Waals surface area contributed by atoms with E-state index in [9.17, 15) is 9.90 Å². The van der Waals surface area contributed by atoms with Gasteiger partial charge in [-0.05, 0) is 17.4 Å². The molecule has 0 spiro atoms. The normalized spacial score (nSPS) is 13.4. The lowest BCUT2D eigenvalue weighted by molar-refractivity contribution is -0.428. The number of quaternary nitrogens is 1. The Labute approximate surface area is 103 Å². The molecule has 0 saturated heterocycles. The molecule has 17 heavy (non-hydrogen) atoms. The van der Waals surface area contributed by atoms with Crippen LogP contribution in [-0.4, -0.2) is 5.97 Å². The Balaban J connectivity index is 2.70. The van der Waals surface area contributed by atoms with Crippen LogP contribution in [0.15, 0.2) is 24.3 Å². The predicted octanol–water partition coefficient (Wildman–Crippen LogP) is 0.797. The first-order valence-corrected chi connectivity index (χ1v) is 5.94. The van der Waals surface area contributed by atoms with E-state index in [0.29, 0.717) is 6.42 Å². The van der Waals surface area contributed by atoms with Crippen molar-refractivity contribution in [3.8, 4) is 0 Å². The van der Waals surface area contributed by atoms with Gasteiger partial charge in [0.2, 0.25) is 0 Å². The summed E-state index contributed by atoms with van der Waals surface area (Å²) >= 11 is 0. The third-order valence-corrected chi connectivity index (χ3v) is 2.95. The molecular weight excluding hydrogens is 214 g/mol. The first kappa shape index (κ1) is 13.7. The van der Waals surface area contributed by atoms with Gasteiger partial charge in [-0.15, -0.1) is 0 Å². The highest BCUT2D eigenvalue weighted by Gasteiger charge is 2.15. The van der Waals surface area contributed by atoms with Crippen LogP contribution in [0.4, 0.5) is 0 Å². The van der Waals surface area contributed by atoms with Crippen molar-refractivity contribution < 1.29 is 15.6 Å². The van der Waals surface area contributed by atoms with E-state index in [1.807, 2.05) is 12.1 Å². The van der Waals surface area contributed by atoms with Crippen LogP contribution < -0.4 is 10.8 Å². The molecule has 0 aliphatic rings. The van der Waals surface area contributed by atoms with Crippen LogP contribution in [-0.2, 0) is 10.2 Å². The number of hydrogen-bond acceptors (Lipinski definition) is 2. The lowest BCUT2D eigenvalue weighted by Crippen LogP contribution is -2.53. The number of carboxylic acids is 1. The van der Waals surface area contributed by atoms with Gasteiger partial charge in [0.15, 0.2) is 0 Å². The molecule has 3 heteroatoms. The summed E-state index contributed by atoms with van der Waals surface area (Å²) in [5.41, 5.74) is 6.47. The standard InChI is InChI=1S/C14H21NO2/c1-14(2,3)11-6-4-10(5-7-11)12(15)8-9-13(16)17/h4-7,12H,8-9,15H2,1-3H3,(H,16,17)/t12-/m0/s1. The molecule has 0 aliphatic heterocycles.